The molecule has 0 saturated heterocycles. The van der Waals surface area contributed by atoms with Gasteiger partial charge < -0.3 is 10.4 Å². The molecule has 1 rings (SSSR count). The Morgan fingerprint density at radius 2 is 2.22 bits per heavy atom. The first-order valence-corrected chi connectivity index (χ1v) is 6.15. The van der Waals surface area contributed by atoms with E-state index in [-0.39, 0.29) is 23.4 Å². The van der Waals surface area contributed by atoms with Crippen molar-refractivity contribution in [2.75, 3.05) is 11.9 Å². The Hall–Kier alpha value is -1.33. The zero-order valence-corrected chi connectivity index (χ0v) is 11.2. The number of hydrogen-bond acceptors (Lipinski definition) is 4. The first-order chi connectivity index (χ1) is 8.45. The second kappa shape index (κ2) is 6.56. The van der Waals surface area contributed by atoms with Gasteiger partial charge in [-0.2, -0.15) is 0 Å². The van der Waals surface area contributed by atoms with E-state index in [1.54, 1.807) is 13.0 Å². The van der Waals surface area contributed by atoms with E-state index in [4.69, 9.17) is 16.7 Å². The van der Waals surface area contributed by atoms with Crippen molar-refractivity contribution in [1.29, 1.82) is 0 Å². The van der Waals surface area contributed by atoms with Crippen LogP contribution in [0, 0.1) is 17.0 Å². The zero-order chi connectivity index (χ0) is 13.7. The Labute approximate surface area is 111 Å². The van der Waals surface area contributed by atoms with Gasteiger partial charge in [0.05, 0.1) is 4.92 Å². The molecule has 5 nitrogen and oxygen atoms in total. The minimum Gasteiger partial charge on any atom is -0.396 e. The predicted octanol–water partition coefficient (Wildman–Crippen LogP) is 3.13. The highest BCUT2D eigenvalue weighted by Gasteiger charge is 2.15. The highest BCUT2D eigenvalue weighted by molar-refractivity contribution is 6.33. The van der Waals surface area contributed by atoms with Gasteiger partial charge >= 0.3 is 0 Å². The first kappa shape index (κ1) is 14.7. The number of aliphatic hydroxyl groups is 1. The van der Waals surface area contributed by atoms with E-state index in [1.807, 2.05) is 6.92 Å². The SMILES string of the molecule is Cc1cc([N+](=O)[O-])c(Cl)cc1NC(C)CCCO. The number of hydrogen-bond donors (Lipinski definition) is 2. The number of halogens is 1. The van der Waals surface area contributed by atoms with E-state index in [2.05, 4.69) is 5.32 Å². The zero-order valence-electron chi connectivity index (χ0n) is 10.4. The van der Waals surface area contributed by atoms with Gasteiger partial charge in [-0.3, -0.25) is 10.1 Å². The Balaban J connectivity index is 2.84. The van der Waals surface area contributed by atoms with E-state index in [0.717, 1.165) is 17.7 Å². The van der Waals surface area contributed by atoms with Gasteiger partial charge in [0.15, 0.2) is 0 Å². The fraction of sp³-hybridized carbons (Fsp3) is 0.500. The van der Waals surface area contributed by atoms with Crippen LogP contribution in [0.2, 0.25) is 5.02 Å². The minimum absolute atomic E-state index is 0.0808. The molecule has 0 aliphatic rings. The van der Waals surface area contributed by atoms with Crippen LogP contribution in [-0.2, 0) is 0 Å². The van der Waals surface area contributed by atoms with Crippen LogP contribution < -0.4 is 5.32 Å². The summed E-state index contributed by atoms with van der Waals surface area (Å²) in [5.74, 6) is 0. The molecule has 1 aromatic rings. The fourth-order valence-electron chi connectivity index (χ4n) is 1.70. The molecule has 0 spiro atoms. The number of nitro benzene ring substituents is 1. The summed E-state index contributed by atoms with van der Waals surface area (Å²) >= 11 is 5.86. The molecule has 0 aromatic heterocycles. The third-order valence-electron chi connectivity index (χ3n) is 2.69. The standard InChI is InChI=1S/C12H17ClN2O3/c1-8-6-12(15(17)18)10(13)7-11(8)14-9(2)4-3-5-16/h6-7,9,14,16H,3-5H2,1-2H3. The number of aryl methyl sites for hydroxylation is 1. The van der Waals surface area contributed by atoms with Crippen LogP contribution in [0.1, 0.15) is 25.3 Å². The lowest BCUT2D eigenvalue weighted by Crippen LogP contribution is -2.16. The fourth-order valence-corrected chi connectivity index (χ4v) is 1.93. The van der Waals surface area contributed by atoms with E-state index < -0.39 is 4.92 Å². The van der Waals surface area contributed by atoms with Crippen LogP contribution in [0.25, 0.3) is 0 Å². The van der Waals surface area contributed by atoms with Crippen molar-refractivity contribution in [2.24, 2.45) is 0 Å². The summed E-state index contributed by atoms with van der Waals surface area (Å²) in [6.45, 7) is 3.95. The Morgan fingerprint density at radius 1 is 1.56 bits per heavy atom. The summed E-state index contributed by atoms with van der Waals surface area (Å²) in [6, 6.07) is 3.21. The lowest BCUT2D eigenvalue weighted by atomic mass is 10.1. The molecule has 18 heavy (non-hydrogen) atoms. The van der Waals surface area contributed by atoms with Gasteiger partial charge in [0.2, 0.25) is 0 Å². The molecule has 0 amide bonds. The Kier molecular flexibility index (Phi) is 5.37. The molecule has 0 saturated carbocycles. The molecule has 0 bridgehead atoms. The molecule has 0 aliphatic heterocycles. The van der Waals surface area contributed by atoms with Crippen molar-refractivity contribution >= 4 is 23.0 Å². The highest BCUT2D eigenvalue weighted by Crippen LogP contribution is 2.31. The minimum atomic E-state index is -0.492. The van der Waals surface area contributed by atoms with Crippen LogP contribution in [0.3, 0.4) is 0 Å². The van der Waals surface area contributed by atoms with E-state index in [9.17, 15) is 10.1 Å². The summed E-state index contributed by atoms with van der Waals surface area (Å²) < 4.78 is 0. The van der Waals surface area contributed by atoms with Crippen LogP contribution >= 0.6 is 11.6 Å². The summed E-state index contributed by atoms with van der Waals surface area (Å²) in [4.78, 5) is 10.2. The van der Waals surface area contributed by atoms with Crippen molar-refractivity contribution in [1.82, 2.24) is 0 Å². The molecule has 100 valence electrons. The maximum atomic E-state index is 10.7. The molecule has 1 atom stereocenters. The molecule has 1 unspecified atom stereocenters. The Bertz CT molecular complexity index is 438. The quantitative estimate of drug-likeness (QED) is 0.616. The van der Waals surface area contributed by atoms with Gasteiger partial charge in [-0.1, -0.05) is 11.6 Å². The van der Waals surface area contributed by atoms with Crippen molar-refractivity contribution in [2.45, 2.75) is 32.7 Å². The molecule has 0 radical (unpaired) electrons. The smallest absolute Gasteiger partial charge is 0.288 e. The number of anilines is 1. The average Bonchev–Trinajstić information content (AvgIpc) is 2.30. The van der Waals surface area contributed by atoms with Crippen molar-refractivity contribution in [3.05, 3.63) is 32.8 Å². The van der Waals surface area contributed by atoms with Gasteiger partial charge in [-0.25, -0.2) is 0 Å². The maximum Gasteiger partial charge on any atom is 0.288 e. The lowest BCUT2D eigenvalue weighted by Gasteiger charge is -2.16. The summed E-state index contributed by atoms with van der Waals surface area (Å²) in [7, 11) is 0. The van der Waals surface area contributed by atoms with Crippen LogP contribution in [0.5, 0.6) is 0 Å². The molecule has 0 heterocycles. The summed E-state index contributed by atoms with van der Waals surface area (Å²) in [5.41, 5.74) is 1.49. The van der Waals surface area contributed by atoms with E-state index in [1.165, 1.54) is 6.07 Å². The molecule has 1 aromatic carbocycles. The molecular weight excluding hydrogens is 256 g/mol. The molecule has 2 N–H and O–H groups in total. The summed E-state index contributed by atoms with van der Waals surface area (Å²) in [6.07, 6.45) is 1.54. The van der Waals surface area contributed by atoms with Gasteiger partial charge in [-0.05, 0) is 38.3 Å². The second-order valence-electron chi connectivity index (χ2n) is 4.29. The van der Waals surface area contributed by atoms with Crippen LogP contribution in [-0.4, -0.2) is 22.7 Å². The van der Waals surface area contributed by atoms with Gasteiger partial charge in [-0.15, -0.1) is 0 Å². The van der Waals surface area contributed by atoms with Crippen LogP contribution in [0.4, 0.5) is 11.4 Å². The Morgan fingerprint density at radius 3 is 2.78 bits per heavy atom. The predicted molar refractivity (Wildman–Crippen MR) is 72.2 cm³/mol. The third-order valence-corrected chi connectivity index (χ3v) is 2.99. The summed E-state index contributed by atoms with van der Waals surface area (Å²) in [5, 5.41) is 22.8. The van der Waals surface area contributed by atoms with Gasteiger partial charge in [0, 0.05) is 24.4 Å². The van der Waals surface area contributed by atoms with E-state index in [0.29, 0.717) is 6.42 Å². The van der Waals surface area contributed by atoms with Crippen molar-refractivity contribution in [3.63, 3.8) is 0 Å². The van der Waals surface area contributed by atoms with E-state index >= 15 is 0 Å². The number of nitrogens with one attached hydrogen (secondary N) is 1. The average molecular weight is 273 g/mol. The lowest BCUT2D eigenvalue weighted by molar-refractivity contribution is -0.384. The number of benzene rings is 1. The first-order valence-electron chi connectivity index (χ1n) is 5.77. The molecule has 0 fully saturated rings. The second-order valence-corrected chi connectivity index (χ2v) is 4.69. The number of rotatable bonds is 6. The molecule has 6 heteroatoms. The largest absolute Gasteiger partial charge is 0.396 e. The number of nitrogens with zero attached hydrogens (tertiary/aromatic N) is 1. The van der Waals surface area contributed by atoms with Crippen LogP contribution in [0.15, 0.2) is 12.1 Å². The number of nitro groups is 1. The topological polar surface area (TPSA) is 75.4 Å². The number of aliphatic hydroxyl groups excluding tert-OH is 1. The van der Waals surface area contributed by atoms with Gasteiger partial charge in [0.1, 0.15) is 5.02 Å². The van der Waals surface area contributed by atoms with Crippen molar-refractivity contribution in [3.8, 4) is 0 Å². The van der Waals surface area contributed by atoms with Crippen molar-refractivity contribution < 1.29 is 10.0 Å². The highest BCUT2D eigenvalue weighted by atomic mass is 35.5. The molecule has 0 aliphatic carbocycles. The molecular formula is C12H17ClN2O3. The maximum absolute atomic E-state index is 10.7. The normalized spacial score (nSPS) is 12.2. The van der Waals surface area contributed by atoms with Gasteiger partial charge in [0.25, 0.3) is 5.69 Å². The third kappa shape index (κ3) is 3.85. The monoisotopic (exact) mass is 272 g/mol.